The van der Waals surface area contributed by atoms with Gasteiger partial charge in [0.05, 0.1) is 16.8 Å². The van der Waals surface area contributed by atoms with E-state index in [0.717, 1.165) is 61.5 Å². The molecule has 1 unspecified atom stereocenters. The van der Waals surface area contributed by atoms with Crippen molar-refractivity contribution in [3.8, 4) is 0 Å². The maximum Gasteiger partial charge on any atom is 0.337 e. The zero-order chi connectivity index (χ0) is 20.8. The molecule has 1 amide bonds. The number of aromatic carboxylic acids is 1. The minimum absolute atomic E-state index is 0.196. The molecule has 9 nitrogen and oxygen atoms in total. The zero-order valence-electron chi connectivity index (χ0n) is 16.5. The summed E-state index contributed by atoms with van der Waals surface area (Å²) in [5, 5.41) is 16.0. The van der Waals surface area contributed by atoms with Crippen molar-refractivity contribution in [2.24, 2.45) is 5.73 Å². The van der Waals surface area contributed by atoms with Crippen LogP contribution in [0.25, 0.3) is 0 Å². The quantitative estimate of drug-likeness (QED) is 0.589. The van der Waals surface area contributed by atoms with E-state index < -0.39 is 11.9 Å². The Hall–Kier alpha value is -3.36. The lowest BCUT2D eigenvalue weighted by atomic mass is 9.95. The highest BCUT2D eigenvalue weighted by Crippen LogP contribution is 2.40. The Kier molecular flexibility index (Phi) is 4.45. The van der Waals surface area contributed by atoms with Crippen molar-refractivity contribution >= 4 is 29.2 Å². The summed E-state index contributed by atoms with van der Waals surface area (Å²) in [5.74, 6) is 0.218. The van der Waals surface area contributed by atoms with Crippen LogP contribution in [0.4, 0.5) is 17.3 Å². The van der Waals surface area contributed by atoms with E-state index in [1.54, 1.807) is 18.3 Å². The summed E-state index contributed by atoms with van der Waals surface area (Å²) in [6, 6.07) is 4.29. The van der Waals surface area contributed by atoms with Crippen molar-refractivity contribution in [1.82, 2.24) is 9.97 Å². The molecule has 2 aromatic heterocycles. The fraction of sp³-hybridized carbons (Fsp3) is 0.429. The van der Waals surface area contributed by atoms with E-state index in [0.29, 0.717) is 17.6 Å². The number of nitrogens with one attached hydrogen (secondary N) is 2. The summed E-state index contributed by atoms with van der Waals surface area (Å²) in [4.78, 5) is 34.2. The van der Waals surface area contributed by atoms with Crippen LogP contribution in [-0.4, -0.2) is 51.6 Å². The van der Waals surface area contributed by atoms with E-state index in [2.05, 4.69) is 25.5 Å². The molecule has 0 saturated carbocycles. The highest BCUT2D eigenvalue weighted by molar-refractivity contribution is 6.00. The van der Waals surface area contributed by atoms with E-state index in [1.807, 2.05) is 0 Å². The third-order valence-corrected chi connectivity index (χ3v) is 6.45. The van der Waals surface area contributed by atoms with Crippen molar-refractivity contribution < 1.29 is 14.7 Å². The highest BCUT2D eigenvalue weighted by atomic mass is 16.4. The molecule has 5 rings (SSSR count). The van der Waals surface area contributed by atoms with Crippen LogP contribution in [0, 0.1) is 0 Å². The van der Waals surface area contributed by atoms with Crippen LogP contribution in [0.5, 0.6) is 0 Å². The lowest BCUT2D eigenvalue weighted by Crippen LogP contribution is -2.47. The van der Waals surface area contributed by atoms with E-state index in [4.69, 9.17) is 10.8 Å². The van der Waals surface area contributed by atoms with Crippen molar-refractivity contribution in [3.05, 3.63) is 41.2 Å². The van der Waals surface area contributed by atoms with Gasteiger partial charge in [-0.15, -0.1) is 0 Å². The van der Waals surface area contributed by atoms with Crippen LogP contribution in [0.15, 0.2) is 24.5 Å². The van der Waals surface area contributed by atoms with Gasteiger partial charge in [0.1, 0.15) is 11.6 Å². The van der Waals surface area contributed by atoms with Crippen molar-refractivity contribution in [2.75, 3.05) is 22.1 Å². The third-order valence-electron chi connectivity index (χ3n) is 6.45. The summed E-state index contributed by atoms with van der Waals surface area (Å²) >= 11 is 0. The predicted molar refractivity (Wildman–Crippen MR) is 112 cm³/mol. The van der Waals surface area contributed by atoms with Crippen LogP contribution in [-0.2, 0) is 6.42 Å². The number of hydrogen-bond donors (Lipinski definition) is 4. The Morgan fingerprint density at radius 1 is 1.17 bits per heavy atom. The van der Waals surface area contributed by atoms with Gasteiger partial charge in [-0.1, -0.05) is 0 Å². The molecule has 2 saturated heterocycles. The van der Waals surface area contributed by atoms with E-state index in [1.165, 1.54) is 6.20 Å². The number of aromatic nitrogens is 2. The molecule has 156 valence electrons. The number of carboxylic acid groups (broad SMARTS) is 1. The Morgan fingerprint density at radius 2 is 1.93 bits per heavy atom. The van der Waals surface area contributed by atoms with Gasteiger partial charge in [0.2, 0.25) is 0 Å². The van der Waals surface area contributed by atoms with Gasteiger partial charge in [0.25, 0.3) is 5.91 Å². The fourth-order valence-electron chi connectivity index (χ4n) is 5.14. The second-order valence-corrected chi connectivity index (χ2v) is 8.23. The molecular formula is C21H24N6O3. The number of amides is 1. The SMILES string of the molecule is NC(=O)c1cnc2c(c1NC1C[C@H]3CC[C@@H](C1)N3c1ccc(C(=O)O)cn1)CCN2. The first-order valence-electron chi connectivity index (χ1n) is 10.3. The van der Waals surface area contributed by atoms with Crippen molar-refractivity contribution in [1.29, 1.82) is 0 Å². The monoisotopic (exact) mass is 408 g/mol. The number of rotatable bonds is 5. The number of piperidine rings is 1. The van der Waals surface area contributed by atoms with Gasteiger partial charge in [-0.2, -0.15) is 0 Å². The molecule has 9 heteroatoms. The highest BCUT2D eigenvalue weighted by Gasteiger charge is 2.42. The average molecular weight is 408 g/mol. The zero-order valence-corrected chi connectivity index (χ0v) is 16.5. The normalized spacial score (nSPS) is 24.3. The molecule has 0 aromatic carbocycles. The number of primary amides is 1. The molecule has 5 heterocycles. The number of carboxylic acids is 1. The number of pyridine rings is 2. The molecule has 2 fully saturated rings. The topological polar surface area (TPSA) is 133 Å². The van der Waals surface area contributed by atoms with E-state index >= 15 is 0 Å². The Balaban J connectivity index is 1.37. The summed E-state index contributed by atoms with van der Waals surface area (Å²) in [5.41, 5.74) is 8.11. The number of carbonyl (C=O) groups excluding carboxylic acids is 1. The number of nitrogens with zero attached hydrogens (tertiary/aromatic N) is 3. The third kappa shape index (κ3) is 3.10. The number of nitrogens with two attached hydrogens (primary N) is 1. The predicted octanol–water partition coefficient (Wildman–Crippen LogP) is 1.85. The van der Waals surface area contributed by atoms with Crippen molar-refractivity contribution in [2.45, 2.75) is 50.2 Å². The Morgan fingerprint density at radius 3 is 2.57 bits per heavy atom. The van der Waals surface area contributed by atoms with Crippen molar-refractivity contribution in [3.63, 3.8) is 0 Å². The maximum absolute atomic E-state index is 12.0. The second kappa shape index (κ2) is 7.16. The summed E-state index contributed by atoms with van der Waals surface area (Å²) in [6.45, 7) is 0.806. The number of fused-ring (bicyclic) bond motifs is 3. The molecule has 5 N–H and O–H groups in total. The lowest BCUT2D eigenvalue weighted by molar-refractivity contribution is 0.0696. The molecule has 3 atom stereocenters. The number of carbonyl (C=O) groups is 2. The Labute approximate surface area is 173 Å². The molecule has 3 aliphatic rings. The van der Waals surface area contributed by atoms with E-state index in [-0.39, 0.29) is 11.6 Å². The second-order valence-electron chi connectivity index (χ2n) is 8.23. The first-order valence-corrected chi connectivity index (χ1v) is 10.3. The minimum Gasteiger partial charge on any atom is -0.478 e. The summed E-state index contributed by atoms with van der Waals surface area (Å²) in [7, 11) is 0. The first-order chi connectivity index (χ1) is 14.5. The minimum atomic E-state index is -0.968. The molecule has 0 radical (unpaired) electrons. The first kappa shape index (κ1) is 18.7. The van der Waals surface area contributed by atoms with Gasteiger partial charge in [-0.25, -0.2) is 14.8 Å². The smallest absolute Gasteiger partial charge is 0.337 e. The van der Waals surface area contributed by atoms with Gasteiger partial charge in [0.15, 0.2) is 0 Å². The molecule has 3 aliphatic heterocycles. The largest absolute Gasteiger partial charge is 0.478 e. The Bertz CT molecular complexity index is 995. The lowest BCUT2D eigenvalue weighted by Gasteiger charge is -2.40. The fourth-order valence-corrected chi connectivity index (χ4v) is 5.14. The molecule has 0 spiro atoms. The molecule has 2 bridgehead atoms. The number of hydrogen-bond acceptors (Lipinski definition) is 7. The molecule has 30 heavy (non-hydrogen) atoms. The summed E-state index contributed by atoms with van der Waals surface area (Å²) in [6.07, 6.45) is 7.78. The molecule has 0 aliphatic carbocycles. The number of anilines is 3. The van der Waals surface area contributed by atoms with Gasteiger partial charge >= 0.3 is 5.97 Å². The average Bonchev–Trinajstić information content (AvgIpc) is 3.31. The standard InChI is InChI=1S/C21H24N6O3/c22-19(28)16-10-25-20-15(5-6-23-20)18(16)26-12-7-13-2-3-14(8-12)27(13)17-4-1-11(9-24-17)21(29)30/h1,4,9-10,12-14H,2-3,5-8H2,(H2,22,28)(H,29,30)(H2,23,25,26)/t12?,13-,14+. The van der Waals surface area contributed by atoms with Gasteiger partial charge < -0.3 is 26.4 Å². The van der Waals surface area contributed by atoms with Crippen LogP contribution in [0.2, 0.25) is 0 Å². The molecular weight excluding hydrogens is 384 g/mol. The maximum atomic E-state index is 12.0. The van der Waals surface area contributed by atoms with Crippen LogP contribution in [0.1, 0.15) is 52.0 Å². The van der Waals surface area contributed by atoms with Crippen LogP contribution in [0.3, 0.4) is 0 Å². The molecule has 2 aromatic rings. The van der Waals surface area contributed by atoms with Gasteiger partial charge in [-0.3, -0.25) is 4.79 Å². The summed E-state index contributed by atoms with van der Waals surface area (Å²) < 4.78 is 0. The van der Waals surface area contributed by atoms with Crippen LogP contribution >= 0.6 is 0 Å². The van der Waals surface area contributed by atoms with Gasteiger partial charge in [0, 0.05) is 42.6 Å². The van der Waals surface area contributed by atoms with E-state index in [9.17, 15) is 9.59 Å². The van der Waals surface area contributed by atoms with Crippen LogP contribution < -0.4 is 21.3 Å². The van der Waals surface area contributed by atoms with Gasteiger partial charge in [-0.05, 0) is 44.2 Å².